The Morgan fingerprint density at radius 3 is 2.42 bits per heavy atom. The van der Waals surface area contributed by atoms with Crippen LogP contribution < -0.4 is 0 Å². The molecule has 0 rings (SSSR count). The summed E-state index contributed by atoms with van der Waals surface area (Å²) in [5.41, 5.74) is -0.387. The van der Waals surface area contributed by atoms with Crippen molar-refractivity contribution in [2.75, 3.05) is 12.8 Å². The van der Waals surface area contributed by atoms with Gasteiger partial charge >= 0.3 is 5.97 Å². The third-order valence-corrected chi connectivity index (χ3v) is 3.79. The average molecular weight is 194 g/mol. The van der Waals surface area contributed by atoms with Gasteiger partial charge in [-0.2, -0.15) is 0 Å². The lowest BCUT2D eigenvalue weighted by atomic mass is 10.6. The molecule has 0 bridgehead atoms. The zero-order valence-electron chi connectivity index (χ0n) is 7.61. The molecule has 12 heavy (non-hydrogen) atoms. The summed E-state index contributed by atoms with van der Waals surface area (Å²) in [7, 11) is -3.32. The quantitative estimate of drug-likeness (QED) is 0.540. The van der Waals surface area contributed by atoms with Gasteiger partial charge in [0.2, 0.25) is 7.37 Å². The molecule has 0 spiro atoms. The van der Waals surface area contributed by atoms with Gasteiger partial charge in [-0.3, -0.25) is 9.36 Å². The van der Waals surface area contributed by atoms with E-state index in [0.29, 0.717) is 0 Å². The third kappa shape index (κ3) is 3.88. The van der Waals surface area contributed by atoms with Crippen molar-refractivity contribution < 1.29 is 19.0 Å². The summed E-state index contributed by atoms with van der Waals surface area (Å²) in [6, 6.07) is 0. The Hall–Kier alpha value is -0.340. The first-order valence-corrected chi connectivity index (χ1v) is 5.78. The summed E-state index contributed by atoms with van der Waals surface area (Å²) in [4.78, 5) is 20.1. The van der Waals surface area contributed by atoms with Gasteiger partial charge in [0.15, 0.2) is 0 Å². The van der Waals surface area contributed by atoms with Crippen molar-refractivity contribution in [2.45, 2.75) is 26.4 Å². The summed E-state index contributed by atoms with van der Waals surface area (Å²) < 4.78 is 15.8. The van der Waals surface area contributed by atoms with E-state index in [0.717, 1.165) is 0 Å². The molecule has 0 heterocycles. The van der Waals surface area contributed by atoms with Gasteiger partial charge in [-0.15, -0.1) is 0 Å². The Morgan fingerprint density at radius 1 is 1.58 bits per heavy atom. The monoisotopic (exact) mass is 194 g/mol. The molecule has 1 unspecified atom stereocenters. The highest BCUT2D eigenvalue weighted by Gasteiger charge is 2.27. The molecule has 0 aliphatic rings. The molecule has 72 valence electrons. The zero-order valence-corrected chi connectivity index (χ0v) is 8.51. The van der Waals surface area contributed by atoms with E-state index in [1.807, 2.05) is 0 Å². The fourth-order valence-corrected chi connectivity index (χ4v) is 1.40. The summed E-state index contributed by atoms with van der Waals surface area (Å²) >= 11 is 0. The molecule has 0 aliphatic carbocycles. The van der Waals surface area contributed by atoms with E-state index in [-0.39, 0.29) is 18.4 Å². The molecule has 0 aliphatic heterocycles. The van der Waals surface area contributed by atoms with E-state index in [9.17, 15) is 14.3 Å². The molecular formula is C7H15O4P. The van der Waals surface area contributed by atoms with Crippen LogP contribution in [0.2, 0.25) is 0 Å². The van der Waals surface area contributed by atoms with Crippen molar-refractivity contribution in [1.29, 1.82) is 0 Å². The Morgan fingerprint density at radius 2 is 2.08 bits per heavy atom. The Balaban J connectivity index is 4.07. The Kier molecular flexibility index (Phi) is 4.50. The Labute approximate surface area is 72.4 Å². The predicted molar refractivity (Wildman–Crippen MR) is 46.5 cm³/mol. The Bertz CT molecular complexity index is 200. The number of esters is 1. The smallest absolute Gasteiger partial charge is 0.315 e. The second-order valence-corrected chi connectivity index (χ2v) is 5.67. The minimum absolute atomic E-state index is 0.247. The van der Waals surface area contributed by atoms with Gasteiger partial charge in [0.1, 0.15) is 6.16 Å². The van der Waals surface area contributed by atoms with Gasteiger partial charge in [-0.25, -0.2) is 0 Å². The second kappa shape index (κ2) is 4.63. The van der Waals surface area contributed by atoms with Crippen LogP contribution in [0.5, 0.6) is 0 Å². The van der Waals surface area contributed by atoms with Crippen molar-refractivity contribution in [1.82, 2.24) is 0 Å². The van der Waals surface area contributed by atoms with Gasteiger partial charge in [-0.05, 0) is 6.92 Å². The van der Waals surface area contributed by atoms with Crippen molar-refractivity contribution in [3.8, 4) is 0 Å². The van der Waals surface area contributed by atoms with Crippen LogP contribution in [-0.4, -0.2) is 29.3 Å². The number of ether oxygens (including phenoxy) is 1. The maximum absolute atomic E-state index is 11.3. The van der Waals surface area contributed by atoms with Gasteiger partial charge in [0, 0.05) is 5.66 Å². The lowest BCUT2D eigenvalue weighted by Crippen LogP contribution is -2.13. The van der Waals surface area contributed by atoms with Crippen molar-refractivity contribution in [2.24, 2.45) is 0 Å². The van der Waals surface area contributed by atoms with Gasteiger partial charge in [-0.1, -0.05) is 13.8 Å². The average Bonchev–Trinajstić information content (AvgIpc) is 1.85. The largest absolute Gasteiger partial charge is 0.466 e. The normalized spacial score (nSPS) is 15.8. The number of hydrogen-bond acceptors (Lipinski definition) is 3. The predicted octanol–water partition coefficient (Wildman–Crippen LogP) is 1.23. The number of carbonyl (C=O) groups excluding carboxylic acids is 1. The maximum atomic E-state index is 11.3. The van der Waals surface area contributed by atoms with Crippen molar-refractivity contribution in [3.63, 3.8) is 0 Å². The molecule has 0 radical (unpaired) electrons. The minimum atomic E-state index is -3.32. The zero-order chi connectivity index (χ0) is 9.78. The highest BCUT2D eigenvalue weighted by molar-refractivity contribution is 7.59. The van der Waals surface area contributed by atoms with Crippen LogP contribution >= 0.6 is 7.37 Å². The van der Waals surface area contributed by atoms with E-state index in [4.69, 9.17) is 0 Å². The maximum Gasteiger partial charge on any atom is 0.315 e. The molecule has 0 aromatic rings. The molecule has 0 amide bonds. The molecule has 0 aromatic carbocycles. The lowest BCUT2D eigenvalue weighted by Gasteiger charge is -2.13. The highest BCUT2D eigenvalue weighted by Crippen LogP contribution is 2.45. The molecule has 4 nitrogen and oxygen atoms in total. The van der Waals surface area contributed by atoms with Crippen molar-refractivity contribution in [3.05, 3.63) is 0 Å². The minimum Gasteiger partial charge on any atom is -0.466 e. The van der Waals surface area contributed by atoms with Gasteiger partial charge in [0.25, 0.3) is 0 Å². The fourth-order valence-electron chi connectivity index (χ4n) is 0.574. The lowest BCUT2D eigenvalue weighted by molar-refractivity contribution is -0.140. The van der Waals surface area contributed by atoms with E-state index >= 15 is 0 Å². The first-order chi connectivity index (χ1) is 5.40. The number of carbonyl (C=O) groups is 1. The van der Waals surface area contributed by atoms with E-state index in [1.165, 1.54) is 0 Å². The fraction of sp³-hybridized carbons (Fsp3) is 0.857. The summed E-state index contributed by atoms with van der Waals surface area (Å²) in [5.74, 6) is -0.600. The van der Waals surface area contributed by atoms with Crippen LogP contribution in [0.15, 0.2) is 0 Å². The van der Waals surface area contributed by atoms with Crippen LogP contribution in [0.3, 0.4) is 0 Å². The summed E-state index contributed by atoms with van der Waals surface area (Å²) in [5, 5.41) is 0. The molecule has 0 aromatic heterocycles. The van der Waals surface area contributed by atoms with Crippen LogP contribution in [0.25, 0.3) is 0 Å². The molecule has 1 atom stereocenters. The summed E-state index contributed by atoms with van der Waals surface area (Å²) in [6.45, 7) is 5.13. The molecule has 0 saturated carbocycles. The highest BCUT2D eigenvalue weighted by atomic mass is 31.2. The standard InChI is InChI=1S/C7H15O4P/c1-4-11-7(8)5-12(9,10)6(2)3/h6H,4-5H2,1-3H3,(H,9,10). The summed E-state index contributed by atoms with van der Waals surface area (Å²) in [6.07, 6.45) is -0.376. The molecule has 0 fully saturated rings. The van der Waals surface area contributed by atoms with E-state index in [2.05, 4.69) is 4.74 Å². The first-order valence-electron chi connectivity index (χ1n) is 3.87. The molecule has 0 saturated heterocycles. The molecule has 1 N–H and O–H groups in total. The number of rotatable bonds is 4. The topological polar surface area (TPSA) is 63.6 Å². The van der Waals surface area contributed by atoms with E-state index < -0.39 is 13.3 Å². The van der Waals surface area contributed by atoms with Crippen LogP contribution in [0.4, 0.5) is 0 Å². The second-order valence-electron chi connectivity index (χ2n) is 2.81. The molecular weight excluding hydrogens is 179 g/mol. The van der Waals surface area contributed by atoms with Crippen LogP contribution in [0.1, 0.15) is 20.8 Å². The van der Waals surface area contributed by atoms with E-state index in [1.54, 1.807) is 20.8 Å². The first kappa shape index (κ1) is 11.7. The SMILES string of the molecule is CCOC(=O)CP(=O)(O)C(C)C. The van der Waals surface area contributed by atoms with Crippen LogP contribution in [0, 0.1) is 0 Å². The number of hydrogen-bond donors (Lipinski definition) is 1. The van der Waals surface area contributed by atoms with Gasteiger partial charge < -0.3 is 9.63 Å². The molecule has 5 heteroatoms. The van der Waals surface area contributed by atoms with Crippen molar-refractivity contribution >= 4 is 13.3 Å². The van der Waals surface area contributed by atoms with Crippen LogP contribution in [-0.2, 0) is 14.1 Å². The third-order valence-electron chi connectivity index (χ3n) is 1.47. The van der Waals surface area contributed by atoms with Gasteiger partial charge in [0.05, 0.1) is 6.61 Å².